The van der Waals surface area contributed by atoms with Gasteiger partial charge >= 0.3 is 5.97 Å². The van der Waals surface area contributed by atoms with E-state index in [-0.39, 0.29) is 5.97 Å². The number of para-hydroxylation sites is 2. The maximum atomic E-state index is 10.8. The normalized spacial score (nSPS) is 17.3. The molecule has 2 aromatic carbocycles. The molecule has 0 N–H and O–H groups in total. The highest BCUT2D eigenvalue weighted by molar-refractivity contribution is 7.99. The number of hydrogen-bond donors (Lipinski definition) is 0. The van der Waals surface area contributed by atoms with Gasteiger partial charge in [0.1, 0.15) is 6.61 Å². The molecule has 6 nitrogen and oxygen atoms in total. The number of hydrogen-bond acceptors (Lipinski definition) is 7. The monoisotopic (exact) mass is 469 g/mol. The van der Waals surface area contributed by atoms with E-state index in [0.717, 1.165) is 45.8 Å². The molecule has 1 fully saturated rings. The van der Waals surface area contributed by atoms with Crippen molar-refractivity contribution >= 4 is 29.1 Å². The molecular formula is C26H35N3O3S. The average Bonchev–Trinajstić information content (AvgIpc) is 2.82. The molecule has 0 aromatic heterocycles. The van der Waals surface area contributed by atoms with E-state index in [9.17, 15) is 4.79 Å². The van der Waals surface area contributed by atoms with Gasteiger partial charge in [0.25, 0.3) is 0 Å². The lowest BCUT2D eigenvalue weighted by Crippen LogP contribution is -2.49. The lowest BCUT2D eigenvalue weighted by atomic mass is 10.1. The largest absolute Gasteiger partial charge is 0.463 e. The Morgan fingerprint density at radius 1 is 0.879 bits per heavy atom. The van der Waals surface area contributed by atoms with Gasteiger partial charge in [-0.05, 0) is 30.2 Å². The number of nitrogens with zero attached hydrogens (tertiary/aromatic N) is 3. The molecule has 1 saturated heterocycles. The first-order valence-corrected chi connectivity index (χ1v) is 12.7. The van der Waals surface area contributed by atoms with Crippen molar-refractivity contribution in [3.05, 3.63) is 48.5 Å². The lowest BCUT2D eigenvalue weighted by Gasteiger charge is -2.38. The van der Waals surface area contributed by atoms with Gasteiger partial charge in [-0.1, -0.05) is 43.0 Å². The van der Waals surface area contributed by atoms with Crippen molar-refractivity contribution in [2.45, 2.75) is 23.6 Å². The third-order valence-corrected chi connectivity index (χ3v) is 7.28. The minimum absolute atomic E-state index is 0.253. The van der Waals surface area contributed by atoms with Crippen LogP contribution >= 0.6 is 11.8 Å². The zero-order valence-corrected chi connectivity index (χ0v) is 20.6. The highest BCUT2D eigenvalue weighted by atomic mass is 32.2. The predicted octanol–water partition coefficient (Wildman–Crippen LogP) is 4.12. The second kappa shape index (κ2) is 11.9. The molecule has 0 bridgehead atoms. The van der Waals surface area contributed by atoms with Crippen LogP contribution in [0.15, 0.2) is 58.3 Å². The Balaban J connectivity index is 1.22. The Hall–Kier alpha value is -2.06. The maximum absolute atomic E-state index is 10.8. The number of piperazine rings is 1. The number of carbonyl (C=O) groups is 1. The summed E-state index contributed by atoms with van der Waals surface area (Å²) in [7, 11) is 0. The molecule has 2 aromatic rings. The molecule has 0 spiro atoms. The molecule has 2 aliphatic rings. The van der Waals surface area contributed by atoms with Crippen molar-refractivity contribution < 1.29 is 14.3 Å². The second-order valence-electron chi connectivity index (χ2n) is 8.85. The highest BCUT2D eigenvalue weighted by Gasteiger charge is 2.25. The number of carbonyl (C=O) groups excluding carboxylic acids is 1. The van der Waals surface area contributed by atoms with Crippen LogP contribution in [0.25, 0.3) is 0 Å². The van der Waals surface area contributed by atoms with Crippen LogP contribution in [-0.4, -0.2) is 81.4 Å². The summed E-state index contributed by atoms with van der Waals surface area (Å²) in [5.74, 6) is 0.307. The van der Waals surface area contributed by atoms with Crippen molar-refractivity contribution in [3.8, 4) is 0 Å². The van der Waals surface area contributed by atoms with E-state index in [4.69, 9.17) is 9.47 Å². The van der Waals surface area contributed by atoms with E-state index in [1.54, 1.807) is 0 Å². The molecule has 1 unspecified atom stereocenters. The number of esters is 1. The summed E-state index contributed by atoms with van der Waals surface area (Å²) < 4.78 is 10.5. The van der Waals surface area contributed by atoms with E-state index in [1.165, 1.54) is 28.1 Å². The molecular weight excluding hydrogens is 434 g/mol. The van der Waals surface area contributed by atoms with Gasteiger partial charge in [0, 0.05) is 62.5 Å². The van der Waals surface area contributed by atoms with E-state index in [1.807, 2.05) is 11.8 Å². The number of anilines is 2. The first kappa shape index (κ1) is 24.1. The van der Waals surface area contributed by atoms with Gasteiger partial charge in [0.15, 0.2) is 0 Å². The molecule has 0 radical (unpaired) electrons. The van der Waals surface area contributed by atoms with Crippen LogP contribution in [-0.2, 0) is 14.3 Å². The SMILES string of the molecule is CC(=O)OCCOCCN1CCN(CC(C)CN2c3ccccc3Sc3ccccc32)CC1. The smallest absolute Gasteiger partial charge is 0.302 e. The van der Waals surface area contributed by atoms with Crippen LogP contribution < -0.4 is 4.90 Å². The van der Waals surface area contributed by atoms with Gasteiger partial charge in [0.05, 0.1) is 24.6 Å². The summed E-state index contributed by atoms with van der Waals surface area (Å²) in [5.41, 5.74) is 2.65. The fourth-order valence-electron chi connectivity index (χ4n) is 4.52. The summed E-state index contributed by atoms with van der Waals surface area (Å²) in [6.45, 7) is 12.7. The first-order valence-electron chi connectivity index (χ1n) is 11.9. The molecule has 2 aliphatic heterocycles. The first-order chi connectivity index (χ1) is 16.1. The molecule has 7 heteroatoms. The number of fused-ring (bicyclic) bond motifs is 2. The summed E-state index contributed by atoms with van der Waals surface area (Å²) in [6.07, 6.45) is 0. The third kappa shape index (κ3) is 6.73. The fraction of sp³-hybridized carbons (Fsp3) is 0.500. The molecule has 0 aliphatic carbocycles. The van der Waals surface area contributed by atoms with Crippen LogP contribution in [0.5, 0.6) is 0 Å². The summed E-state index contributed by atoms with van der Waals surface area (Å²) in [6, 6.07) is 17.5. The predicted molar refractivity (Wildman–Crippen MR) is 134 cm³/mol. The molecule has 2 heterocycles. The second-order valence-corrected chi connectivity index (χ2v) is 9.93. The zero-order valence-electron chi connectivity index (χ0n) is 19.7. The van der Waals surface area contributed by atoms with E-state index >= 15 is 0 Å². The molecule has 178 valence electrons. The Morgan fingerprint density at radius 2 is 1.48 bits per heavy atom. The number of rotatable bonds is 10. The van der Waals surface area contributed by atoms with Crippen molar-refractivity contribution in [3.63, 3.8) is 0 Å². The third-order valence-electron chi connectivity index (χ3n) is 6.15. The molecule has 4 rings (SSSR count). The van der Waals surface area contributed by atoms with Crippen molar-refractivity contribution in [2.24, 2.45) is 5.92 Å². The zero-order chi connectivity index (χ0) is 23.0. The van der Waals surface area contributed by atoms with Gasteiger partial charge in [-0.2, -0.15) is 0 Å². The van der Waals surface area contributed by atoms with Crippen LogP contribution in [0.2, 0.25) is 0 Å². The quantitative estimate of drug-likeness (QED) is 0.383. The summed E-state index contributed by atoms with van der Waals surface area (Å²) in [5, 5.41) is 0. The summed E-state index contributed by atoms with van der Waals surface area (Å²) >= 11 is 1.87. The topological polar surface area (TPSA) is 45.3 Å². The Bertz CT molecular complexity index is 872. The fourth-order valence-corrected chi connectivity index (χ4v) is 5.62. The maximum Gasteiger partial charge on any atom is 0.302 e. The Morgan fingerprint density at radius 3 is 2.12 bits per heavy atom. The van der Waals surface area contributed by atoms with Crippen LogP contribution in [0, 0.1) is 5.92 Å². The average molecular weight is 470 g/mol. The Labute approximate surface area is 201 Å². The van der Waals surface area contributed by atoms with Crippen LogP contribution in [0.1, 0.15) is 13.8 Å². The molecule has 33 heavy (non-hydrogen) atoms. The van der Waals surface area contributed by atoms with Crippen LogP contribution in [0.4, 0.5) is 11.4 Å². The van der Waals surface area contributed by atoms with Gasteiger partial charge in [0.2, 0.25) is 0 Å². The minimum Gasteiger partial charge on any atom is -0.463 e. The van der Waals surface area contributed by atoms with Crippen molar-refractivity contribution in [2.75, 3.05) is 70.5 Å². The van der Waals surface area contributed by atoms with E-state index in [2.05, 4.69) is 70.2 Å². The minimum atomic E-state index is -0.253. The van der Waals surface area contributed by atoms with Gasteiger partial charge < -0.3 is 19.3 Å². The van der Waals surface area contributed by atoms with E-state index in [0.29, 0.717) is 25.7 Å². The van der Waals surface area contributed by atoms with Crippen molar-refractivity contribution in [1.29, 1.82) is 0 Å². The molecule has 0 amide bonds. The van der Waals surface area contributed by atoms with Crippen molar-refractivity contribution in [1.82, 2.24) is 9.80 Å². The van der Waals surface area contributed by atoms with Crippen LogP contribution in [0.3, 0.4) is 0 Å². The van der Waals surface area contributed by atoms with E-state index < -0.39 is 0 Å². The number of ether oxygens (including phenoxy) is 2. The standard InChI is InChI=1S/C26H35N3O3S/c1-21(19-28-13-11-27(12-14-28)15-16-31-17-18-32-22(2)30)20-29-23-7-3-5-9-25(23)33-26-10-6-4-8-24(26)29/h3-10,21H,11-20H2,1-2H3. The van der Waals surface area contributed by atoms with Gasteiger partial charge in [-0.15, -0.1) is 0 Å². The molecule has 1 atom stereocenters. The lowest BCUT2D eigenvalue weighted by molar-refractivity contribution is -0.142. The molecule has 0 saturated carbocycles. The van der Waals surface area contributed by atoms with Gasteiger partial charge in [-0.3, -0.25) is 9.69 Å². The Kier molecular flexibility index (Phi) is 8.67. The highest BCUT2D eigenvalue weighted by Crippen LogP contribution is 2.48. The summed E-state index contributed by atoms with van der Waals surface area (Å²) in [4.78, 5) is 21.0. The van der Waals surface area contributed by atoms with Gasteiger partial charge in [-0.25, -0.2) is 0 Å². The number of benzene rings is 2.